The molecule has 6 nitrogen and oxygen atoms in total. The molecular formula is C23H27N3O3S. The molecule has 2 aromatic carbocycles. The third kappa shape index (κ3) is 5.07. The molecule has 0 radical (unpaired) electrons. The number of hydrogen-bond donors (Lipinski definition) is 0. The van der Waals surface area contributed by atoms with Gasteiger partial charge >= 0.3 is 0 Å². The van der Waals surface area contributed by atoms with Crippen molar-refractivity contribution in [2.24, 2.45) is 5.92 Å². The first-order chi connectivity index (χ1) is 14.5. The normalized spacial score (nSPS) is 15.5. The van der Waals surface area contributed by atoms with Gasteiger partial charge in [0.1, 0.15) is 0 Å². The molecule has 0 aliphatic carbocycles. The summed E-state index contributed by atoms with van der Waals surface area (Å²) in [6.07, 6.45) is 1.90. The number of benzene rings is 2. The van der Waals surface area contributed by atoms with Gasteiger partial charge in [0.05, 0.1) is 16.5 Å². The maximum Gasteiger partial charge on any atom is 0.243 e. The van der Waals surface area contributed by atoms with E-state index >= 15 is 0 Å². The van der Waals surface area contributed by atoms with Crippen molar-refractivity contribution in [2.75, 3.05) is 19.6 Å². The van der Waals surface area contributed by atoms with Crippen LogP contribution >= 0.6 is 0 Å². The molecule has 0 saturated carbocycles. The highest BCUT2D eigenvalue weighted by molar-refractivity contribution is 7.89. The van der Waals surface area contributed by atoms with Crippen molar-refractivity contribution >= 4 is 15.9 Å². The molecule has 3 rings (SSSR count). The van der Waals surface area contributed by atoms with Crippen LogP contribution < -0.4 is 0 Å². The van der Waals surface area contributed by atoms with Crippen LogP contribution in [0, 0.1) is 17.2 Å². The number of carbonyl (C=O) groups excluding carboxylic acids is 1. The molecule has 0 N–H and O–H groups in total. The summed E-state index contributed by atoms with van der Waals surface area (Å²) in [5.74, 6) is -0.0878. The third-order valence-electron chi connectivity index (χ3n) is 5.45. The highest BCUT2D eigenvalue weighted by Gasteiger charge is 2.33. The highest BCUT2D eigenvalue weighted by atomic mass is 32.2. The smallest absolute Gasteiger partial charge is 0.243 e. The summed E-state index contributed by atoms with van der Waals surface area (Å²) in [6.45, 7) is 3.89. The molecule has 1 aliphatic heterocycles. The topological polar surface area (TPSA) is 81.5 Å². The van der Waals surface area contributed by atoms with E-state index in [1.165, 1.54) is 4.31 Å². The van der Waals surface area contributed by atoms with Gasteiger partial charge in [0.15, 0.2) is 0 Å². The van der Waals surface area contributed by atoms with E-state index in [9.17, 15) is 13.2 Å². The van der Waals surface area contributed by atoms with Crippen molar-refractivity contribution in [1.82, 2.24) is 9.21 Å². The molecule has 30 heavy (non-hydrogen) atoms. The lowest BCUT2D eigenvalue weighted by Crippen LogP contribution is -2.44. The van der Waals surface area contributed by atoms with Crippen LogP contribution in [0.4, 0.5) is 0 Å². The van der Waals surface area contributed by atoms with Crippen LogP contribution in [0.5, 0.6) is 0 Å². The van der Waals surface area contributed by atoms with E-state index in [-0.39, 0.29) is 11.8 Å². The summed E-state index contributed by atoms with van der Waals surface area (Å²) in [5, 5.41) is 8.94. The Morgan fingerprint density at radius 1 is 1.10 bits per heavy atom. The van der Waals surface area contributed by atoms with Gasteiger partial charge in [-0.3, -0.25) is 4.79 Å². The minimum Gasteiger partial charge on any atom is -0.338 e. The molecule has 0 unspecified atom stereocenters. The minimum absolute atomic E-state index is 0.0815. The average Bonchev–Trinajstić information content (AvgIpc) is 2.79. The Labute approximate surface area is 178 Å². The van der Waals surface area contributed by atoms with Crippen LogP contribution in [0.2, 0.25) is 0 Å². The number of nitriles is 1. The number of nitrogens with zero attached hydrogens (tertiary/aromatic N) is 3. The predicted octanol–water partition coefficient (Wildman–Crippen LogP) is 3.40. The van der Waals surface area contributed by atoms with Crippen LogP contribution in [-0.2, 0) is 21.4 Å². The minimum atomic E-state index is -3.51. The van der Waals surface area contributed by atoms with E-state index in [1.54, 1.807) is 42.5 Å². The lowest BCUT2D eigenvalue weighted by Gasteiger charge is -2.33. The largest absolute Gasteiger partial charge is 0.338 e. The van der Waals surface area contributed by atoms with Gasteiger partial charge in [0.2, 0.25) is 15.9 Å². The fourth-order valence-corrected chi connectivity index (χ4v) is 5.28. The van der Waals surface area contributed by atoms with Crippen LogP contribution in [0.1, 0.15) is 37.3 Å². The van der Waals surface area contributed by atoms with Gasteiger partial charge in [-0.1, -0.05) is 37.3 Å². The summed E-state index contributed by atoms with van der Waals surface area (Å²) in [7, 11) is -3.51. The zero-order valence-corrected chi connectivity index (χ0v) is 18.0. The van der Waals surface area contributed by atoms with Crippen molar-refractivity contribution in [2.45, 2.75) is 37.6 Å². The van der Waals surface area contributed by atoms with Gasteiger partial charge in [-0.05, 0) is 49.1 Å². The molecule has 1 saturated heterocycles. The Morgan fingerprint density at radius 2 is 1.73 bits per heavy atom. The summed E-state index contributed by atoms with van der Waals surface area (Å²) >= 11 is 0. The number of piperidine rings is 1. The predicted molar refractivity (Wildman–Crippen MR) is 115 cm³/mol. The van der Waals surface area contributed by atoms with Crippen molar-refractivity contribution in [3.8, 4) is 6.07 Å². The second-order valence-corrected chi connectivity index (χ2v) is 9.50. The van der Waals surface area contributed by atoms with Gasteiger partial charge in [-0.25, -0.2) is 8.42 Å². The average molecular weight is 426 g/mol. The van der Waals surface area contributed by atoms with Gasteiger partial charge in [-0.2, -0.15) is 9.57 Å². The molecule has 1 fully saturated rings. The Hall–Kier alpha value is -2.69. The molecule has 0 spiro atoms. The van der Waals surface area contributed by atoms with E-state index in [4.69, 9.17) is 5.26 Å². The zero-order valence-electron chi connectivity index (χ0n) is 17.2. The van der Waals surface area contributed by atoms with Gasteiger partial charge in [0, 0.05) is 32.1 Å². The van der Waals surface area contributed by atoms with Crippen LogP contribution in [0.3, 0.4) is 0 Å². The molecule has 2 aromatic rings. The fraction of sp³-hybridized carbons (Fsp3) is 0.391. The molecule has 0 bridgehead atoms. The molecule has 0 atom stereocenters. The number of sulfonamides is 1. The quantitative estimate of drug-likeness (QED) is 0.681. The van der Waals surface area contributed by atoms with E-state index in [2.05, 4.69) is 6.07 Å². The number of hydrogen-bond acceptors (Lipinski definition) is 4. The lowest BCUT2D eigenvalue weighted by molar-refractivity contribution is -0.137. The van der Waals surface area contributed by atoms with E-state index in [0.717, 1.165) is 12.0 Å². The number of carbonyl (C=O) groups is 1. The maximum absolute atomic E-state index is 13.1. The van der Waals surface area contributed by atoms with Crippen molar-refractivity contribution in [1.29, 1.82) is 5.26 Å². The summed E-state index contributed by atoms with van der Waals surface area (Å²) in [4.78, 5) is 15.3. The molecule has 7 heteroatoms. The molecule has 158 valence electrons. The number of amides is 1. The van der Waals surface area contributed by atoms with Gasteiger partial charge in [0.25, 0.3) is 0 Å². The van der Waals surface area contributed by atoms with E-state index < -0.39 is 10.0 Å². The lowest BCUT2D eigenvalue weighted by atomic mass is 9.96. The zero-order chi connectivity index (χ0) is 21.6. The SMILES string of the molecule is CCCN(Cc1ccc(C#N)cc1)C(=O)C1CCN(S(=O)(=O)c2ccccc2)CC1. The van der Waals surface area contributed by atoms with E-state index in [1.807, 2.05) is 24.0 Å². The molecule has 1 heterocycles. The first-order valence-corrected chi connectivity index (χ1v) is 11.7. The van der Waals surface area contributed by atoms with Gasteiger partial charge in [-0.15, -0.1) is 0 Å². The molecule has 0 aromatic heterocycles. The molecule has 1 amide bonds. The number of rotatable bonds is 7. The van der Waals surface area contributed by atoms with Crippen molar-refractivity contribution < 1.29 is 13.2 Å². The van der Waals surface area contributed by atoms with Crippen molar-refractivity contribution in [3.63, 3.8) is 0 Å². The first kappa shape index (κ1) is 22.0. The van der Waals surface area contributed by atoms with Crippen LogP contribution in [-0.4, -0.2) is 43.2 Å². The Bertz CT molecular complexity index is 990. The fourth-order valence-electron chi connectivity index (χ4n) is 3.79. The summed E-state index contributed by atoms with van der Waals surface area (Å²) in [6, 6.07) is 17.8. The second-order valence-electron chi connectivity index (χ2n) is 7.56. The maximum atomic E-state index is 13.1. The molecular weight excluding hydrogens is 398 g/mol. The third-order valence-corrected chi connectivity index (χ3v) is 7.36. The van der Waals surface area contributed by atoms with Crippen LogP contribution in [0.15, 0.2) is 59.5 Å². The summed E-state index contributed by atoms with van der Waals surface area (Å²) in [5.41, 5.74) is 1.58. The standard InChI is InChI=1S/C23H27N3O3S/c1-2-14-25(18-20-10-8-19(17-24)9-11-20)23(27)21-12-15-26(16-13-21)30(28,29)22-6-4-3-5-7-22/h3-11,21H,2,12-16,18H2,1H3. The van der Waals surface area contributed by atoms with Crippen LogP contribution in [0.25, 0.3) is 0 Å². The summed E-state index contributed by atoms with van der Waals surface area (Å²) < 4.78 is 27.1. The molecule has 1 aliphatic rings. The monoisotopic (exact) mass is 425 g/mol. The highest BCUT2D eigenvalue weighted by Crippen LogP contribution is 2.25. The van der Waals surface area contributed by atoms with Crippen molar-refractivity contribution in [3.05, 3.63) is 65.7 Å². The Kier molecular flexibility index (Phi) is 7.24. The Morgan fingerprint density at radius 3 is 2.30 bits per heavy atom. The Balaban J connectivity index is 1.64. The first-order valence-electron chi connectivity index (χ1n) is 10.3. The van der Waals surface area contributed by atoms with Gasteiger partial charge < -0.3 is 4.90 Å². The van der Waals surface area contributed by atoms with E-state index in [0.29, 0.717) is 49.5 Å². The second kappa shape index (κ2) is 9.88.